The topological polar surface area (TPSA) is 84.9 Å². The monoisotopic (exact) mass is 373 g/mol. The van der Waals surface area contributed by atoms with E-state index in [4.69, 9.17) is 10.5 Å². The van der Waals surface area contributed by atoms with Crippen molar-refractivity contribution in [1.29, 1.82) is 0 Å². The minimum Gasteiger partial charge on any atom is -0.457 e. The van der Waals surface area contributed by atoms with Crippen molar-refractivity contribution in [1.82, 2.24) is 4.98 Å². The Labute approximate surface area is 164 Å². The number of ether oxygens (including phenoxy) is 1. The Bertz CT molecular complexity index is 966. The molecule has 0 saturated heterocycles. The average Bonchev–Trinajstić information content (AvgIpc) is 2.70. The Hall–Kier alpha value is -3.67. The minimum atomic E-state index is 0.238. The number of nitrogens with zero attached hydrogens (tertiary/aromatic N) is 3. The first kappa shape index (κ1) is 19.1. The van der Waals surface area contributed by atoms with E-state index in [0.717, 1.165) is 34.2 Å². The Kier molecular flexibility index (Phi) is 6.36. The van der Waals surface area contributed by atoms with Gasteiger partial charge in [0.1, 0.15) is 18.2 Å². The zero-order valence-electron chi connectivity index (χ0n) is 16.0. The highest BCUT2D eigenvalue weighted by Crippen LogP contribution is 2.22. The molecule has 2 aromatic carbocycles. The average molecular weight is 373 g/mol. The molecule has 0 amide bonds. The molecule has 0 aliphatic rings. The van der Waals surface area contributed by atoms with Gasteiger partial charge in [-0.3, -0.25) is 4.98 Å². The quantitative estimate of drug-likeness (QED) is 0.496. The molecule has 0 aliphatic carbocycles. The lowest BCUT2D eigenvalue weighted by Crippen LogP contribution is -2.14. The van der Waals surface area contributed by atoms with E-state index in [1.165, 1.54) is 0 Å². The molecule has 3 N–H and O–H groups in total. The predicted octanol–water partition coefficient (Wildman–Crippen LogP) is 4.38. The Balaban J connectivity index is 1.54. The molecule has 0 spiro atoms. The number of anilines is 1. The molecule has 0 saturated carbocycles. The van der Waals surface area contributed by atoms with Gasteiger partial charge in [0.25, 0.3) is 0 Å². The number of aromatic nitrogens is 1. The molecule has 3 rings (SSSR count). The zero-order chi connectivity index (χ0) is 19.8. The van der Waals surface area contributed by atoms with Gasteiger partial charge in [0.05, 0.1) is 0 Å². The summed E-state index contributed by atoms with van der Waals surface area (Å²) in [6.07, 6.45) is 1.73. The Morgan fingerprint density at radius 3 is 2.50 bits per heavy atom. The summed E-state index contributed by atoms with van der Waals surface area (Å²) in [4.78, 5) is 12.7. The van der Waals surface area contributed by atoms with E-state index >= 15 is 0 Å². The molecule has 0 unspecified atom stereocenters. The molecule has 0 aliphatic heterocycles. The molecule has 3 aromatic rings. The molecule has 0 fully saturated rings. The summed E-state index contributed by atoms with van der Waals surface area (Å²) in [5, 5.41) is 3.19. The number of aryl methyl sites for hydroxylation is 1. The minimum absolute atomic E-state index is 0.238. The van der Waals surface area contributed by atoms with Crippen LogP contribution >= 0.6 is 0 Å². The van der Waals surface area contributed by atoms with E-state index in [0.29, 0.717) is 6.67 Å². The van der Waals surface area contributed by atoms with Gasteiger partial charge in [-0.1, -0.05) is 30.3 Å². The lowest BCUT2D eigenvalue weighted by molar-refractivity contribution is 0.481. The third-order valence-corrected chi connectivity index (χ3v) is 3.96. The second-order valence-electron chi connectivity index (χ2n) is 6.17. The summed E-state index contributed by atoms with van der Waals surface area (Å²) in [5.74, 6) is 1.75. The van der Waals surface area contributed by atoms with Crippen LogP contribution in [0, 0.1) is 6.92 Å². The molecule has 142 valence electrons. The van der Waals surface area contributed by atoms with Crippen LogP contribution in [0.2, 0.25) is 0 Å². The van der Waals surface area contributed by atoms with Crippen molar-refractivity contribution in [2.24, 2.45) is 15.7 Å². The van der Waals surface area contributed by atoms with Gasteiger partial charge in [-0.05, 0) is 49.7 Å². The van der Waals surface area contributed by atoms with E-state index in [1.807, 2.05) is 80.6 Å². The summed E-state index contributed by atoms with van der Waals surface area (Å²) in [7, 11) is 0. The maximum Gasteiger partial charge on any atom is 0.217 e. The highest BCUT2D eigenvalue weighted by atomic mass is 16.5. The first-order valence-electron chi connectivity index (χ1n) is 8.95. The first-order valence-corrected chi connectivity index (χ1v) is 8.95. The fraction of sp³-hybridized carbons (Fsp3) is 0.136. The normalized spacial score (nSPS) is 11.9. The largest absolute Gasteiger partial charge is 0.457 e. The fourth-order valence-corrected chi connectivity index (χ4v) is 2.52. The van der Waals surface area contributed by atoms with Crippen molar-refractivity contribution in [3.8, 4) is 11.5 Å². The lowest BCUT2D eigenvalue weighted by atomic mass is 10.1. The molecule has 1 heterocycles. The Morgan fingerprint density at radius 2 is 1.79 bits per heavy atom. The number of hydrogen-bond acceptors (Lipinski definition) is 4. The van der Waals surface area contributed by atoms with Gasteiger partial charge in [0.2, 0.25) is 5.96 Å². The smallest absolute Gasteiger partial charge is 0.217 e. The van der Waals surface area contributed by atoms with Crippen LogP contribution in [0.25, 0.3) is 0 Å². The molecular formula is C22H23N5O. The highest BCUT2D eigenvalue weighted by Gasteiger charge is 2.00. The summed E-state index contributed by atoms with van der Waals surface area (Å²) in [6.45, 7) is 4.17. The van der Waals surface area contributed by atoms with Crippen molar-refractivity contribution >= 4 is 17.4 Å². The number of guanidine groups is 1. The van der Waals surface area contributed by atoms with Gasteiger partial charge in [-0.25, -0.2) is 9.98 Å². The van der Waals surface area contributed by atoms with Crippen molar-refractivity contribution in [2.75, 3.05) is 12.0 Å². The number of hydrogen-bond donors (Lipinski definition) is 2. The van der Waals surface area contributed by atoms with Crippen LogP contribution in [0.15, 0.2) is 82.9 Å². The number of benzene rings is 2. The fourth-order valence-electron chi connectivity index (χ4n) is 2.52. The molecule has 1 aromatic heterocycles. The standard InChI is InChI=1S/C22H23N5O/c1-16-14-21(12-13-24-16)28-20-10-8-19(9-11-20)25-15-26-22(23)27-17(2)18-6-4-3-5-7-18/h3-14,25H,15H2,1-2H3,(H2,23,26)/b27-17+. The van der Waals surface area contributed by atoms with Crippen molar-refractivity contribution in [2.45, 2.75) is 13.8 Å². The second-order valence-corrected chi connectivity index (χ2v) is 6.17. The van der Waals surface area contributed by atoms with Crippen LogP contribution in [-0.4, -0.2) is 23.3 Å². The summed E-state index contributed by atoms with van der Waals surface area (Å²) >= 11 is 0. The van der Waals surface area contributed by atoms with Crippen molar-refractivity contribution in [3.63, 3.8) is 0 Å². The molecular weight excluding hydrogens is 350 g/mol. The van der Waals surface area contributed by atoms with Gasteiger partial charge >= 0.3 is 0 Å². The molecule has 6 heteroatoms. The van der Waals surface area contributed by atoms with Gasteiger partial charge in [0.15, 0.2) is 0 Å². The van der Waals surface area contributed by atoms with E-state index < -0.39 is 0 Å². The molecule has 0 radical (unpaired) electrons. The number of nitrogens with one attached hydrogen (secondary N) is 1. The van der Waals surface area contributed by atoms with Crippen LogP contribution in [0.3, 0.4) is 0 Å². The molecule has 0 bridgehead atoms. The van der Waals surface area contributed by atoms with Gasteiger partial charge in [0, 0.05) is 29.4 Å². The summed E-state index contributed by atoms with van der Waals surface area (Å²) in [5.41, 5.74) is 9.57. The SMILES string of the molecule is C/C(=N\C(N)=N/CNc1ccc(Oc2ccnc(C)c2)cc1)c1ccccc1. The van der Waals surface area contributed by atoms with Crippen LogP contribution in [0.1, 0.15) is 18.2 Å². The van der Waals surface area contributed by atoms with Crippen LogP contribution in [0.5, 0.6) is 11.5 Å². The third kappa shape index (κ3) is 5.67. The highest BCUT2D eigenvalue weighted by molar-refractivity contribution is 6.05. The molecule has 28 heavy (non-hydrogen) atoms. The van der Waals surface area contributed by atoms with Gasteiger partial charge < -0.3 is 15.8 Å². The molecule has 0 atom stereocenters. The molecule has 6 nitrogen and oxygen atoms in total. The van der Waals surface area contributed by atoms with Crippen LogP contribution in [-0.2, 0) is 0 Å². The van der Waals surface area contributed by atoms with E-state index in [9.17, 15) is 0 Å². The van der Waals surface area contributed by atoms with Gasteiger partial charge in [-0.15, -0.1) is 0 Å². The predicted molar refractivity (Wildman–Crippen MR) is 114 cm³/mol. The second kappa shape index (κ2) is 9.32. The summed E-state index contributed by atoms with van der Waals surface area (Å²) < 4.78 is 5.81. The number of aliphatic imine (C=N–C) groups is 2. The van der Waals surface area contributed by atoms with Gasteiger partial charge in [-0.2, -0.15) is 0 Å². The van der Waals surface area contributed by atoms with E-state index in [-0.39, 0.29) is 5.96 Å². The lowest BCUT2D eigenvalue weighted by Gasteiger charge is -2.08. The summed E-state index contributed by atoms with van der Waals surface area (Å²) in [6, 6.07) is 21.2. The van der Waals surface area contributed by atoms with Crippen LogP contribution in [0.4, 0.5) is 5.69 Å². The van der Waals surface area contributed by atoms with Crippen molar-refractivity contribution in [3.05, 3.63) is 84.2 Å². The third-order valence-electron chi connectivity index (χ3n) is 3.96. The van der Waals surface area contributed by atoms with E-state index in [1.54, 1.807) is 6.20 Å². The Morgan fingerprint density at radius 1 is 1.04 bits per heavy atom. The number of nitrogens with two attached hydrogens (primary N) is 1. The maximum atomic E-state index is 5.90. The van der Waals surface area contributed by atoms with Crippen LogP contribution < -0.4 is 15.8 Å². The van der Waals surface area contributed by atoms with Crippen molar-refractivity contribution < 1.29 is 4.74 Å². The van der Waals surface area contributed by atoms with E-state index in [2.05, 4.69) is 20.3 Å². The number of rotatable bonds is 6. The first-order chi connectivity index (χ1) is 13.6. The zero-order valence-corrected chi connectivity index (χ0v) is 16.0. The maximum absolute atomic E-state index is 5.90. The number of pyridine rings is 1.